The lowest BCUT2D eigenvalue weighted by Gasteiger charge is -2.07. The van der Waals surface area contributed by atoms with Crippen molar-refractivity contribution in [3.05, 3.63) is 53.9 Å². The van der Waals surface area contributed by atoms with Crippen molar-refractivity contribution in [1.29, 1.82) is 0 Å². The highest BCUT2D eigenvalue weighted by Gasteiger charge is 2.04. The van der Waals surface area contributed by atoms with Crippen LogP contribution in [0.25, 0.3) is 5.69 Å². The molecule has 1 heterocycles. The molecule has 0 unspecified atom stereocenters. The average Bonchev–Trinajstić information content (AvgIpc) is 2.96. The van der Waals surface area contributed by atoms with Gasteiger partial charge >= 0.3 is 5.97 Å². The first-order valence-electron chi connectivity index (χ1n) is 6.70. The van der Waals surface area contributed by atoms with Crippen molar-refractivity contribution in [3.8, 4) is 5.69 Å². The van der Waals surface area contributed by atoms with E-state index in [4.69, 9.17) is 17.3 Å². The normalized spacial score (nSPS) is 10.6. The molecule has 1 aromatic heterocycles. The molecule has 0 saturated heterocycles. The molecule has 0 spiro atoms. The minimum Gasteiger partial charge on any atom is -0.478 e. The quantitative estimate of drug-likeness (QED) is 0.447. The van der Waals surface area contributed by atoms with E-state index in [2.05, 4.69) is 15.8 Å². The molecule has 3 N–H and O–H groups in total. The third-order valence-corrected chi connectivity index (χ3v) is 3.11. The van der Waals surface area contributed by atoms with Crippen LogP contribution in [0.1, 0.15) is 23.0 Å². The zero-order valence-corrected chi connectivity index (χ0v) is 12.8. The Hall–Kier alpha value is -2.67. The molecular weight excluding hydrogens is 300 g/mol. The first-order valence-corrected chi connectivity index (χ1v) is 7.10. The molecule has 0 aliphatic rings. The number of thiocarbonyl (C=S) groups is 1. The number of benzene rings is 1. The Balaban J connectivity index is 2.13. The number of hydrogen-bond donors (Lipinski definition) is 3. The van der Waals surface area contributed by atoms with Gasteiger partial charge in [0.1, 0.15) is 0 Å². The van der Waals surface area contributed by atoms with E-state index in [0.29, 0.717) is 5.11 Å². The van der Waals surface area contributed by atoms with Crippen molar-refractivity contribution in [1.82, 2.24) is 15.3 Å². The molecule has 0 fully saturated rings. The van der Waals surface area contributed by atoms with E-state index in [9.17, 15) is 4.79 Å². The van der Waals surface area contributed by atoms with E-state index in [1.54, 1.807) is 30.5 Å². The smallest absolute Gasteiger partial charge is 0.335 e. The molecule has 6 nitrogen and oxygen atoms in total. The van der Waals surface area contributed by atoms with Crippen LogP contribution in [-0.2, 0) is 0 Å². The third-order valence-electron chi connectivity index (χ3n) is 2.87. The lowest BCUT2D eigenvalue weighted by atomic mass is 10.2. The number of nitrogens with one attached hydrogen (secondary N) is 2. The second kappa shape index (κ2) is 7.37. The highest BCUT2D eigenvalue weighted by Crippen LogP contribution is 2.13. The summed E-state index contributed by atoms with van der Waals surface area (Å²) in [5.74, 6) is -0.943. The molecule has 1 aromatic carbocycles. The van der Waals surface area contributed by atoms with Gasteiger partial charge in [-0.25, -0.2) is 4.79 Å². The number of aromatic carboxylic acids is 1. The van der Waals surface area contributed by atoms with Gasteiger partial charge in [-0.3, -0.25) is 5.43 Å². The number of rotatable bonds is 5. The molecule has 0 bridgehead atoms. The van der Waals surface area contributed by atoms with Gasteiger partial charge in [0.25, 0.3) is 0 Å². The molecule has 0 aliphatic heterocycles. The highest BCUT2D eigenvalue weighted by atomic mass is 32.1. The molecular formula is C15H16N4O2S. The van der Waals surface area contributed by atoms with E-state index < -0.39 is 5.97 Å². The van der Waals surface area contributed by atoms with Crippen LogP contribution in [0.4, 0.5) is 0 Å². The summed E-state index contributed by atoms with van der Waals surface area (Å²) in [5.41, 5.74) is 4.67. The van der Waals surface area contributed by atoms with Crippen LogP contribution in [0.2, 0.25) is 0 Å². The summed E-state index contributed by atoms with van der Waals surface area (Å²) in [6.45, 7) is 2.68. The van der Waals surface area contributed by atoms with Crippen LogP contribution in [0.3, 0.4) is 0 Å². The fraction of sp³-hybridized carbons (Fsp3) is 0.133. The summed E-state index contributed by atoms with van der Waals surface area (Å²) in [6.07, 6.45) is 3.52. The van der Waals surface area contributed by atoms with Crippen LogP contribution in [0, 0.1) is 0 Å². The number of carboxylic acid groups (broad SMARTS) is 1. The zero-order chi connectivity index (χ0) is 15.9. The van der Waals surface area contributed by atoms with Gasteiger partial charge < -0.3 is 15.0 Å². The van der Waals surface area contributed by atoms with Gasteiger partial charge in [0.15, 0.2) is 5.11 Å². The van der Waals surface area contributed by atoms with Crippen molar-refractivity contribution in [2.45, 2.75) is 6.92 Å². The molecule has 0 saturated carbocycles. The SMILES string of the molecule is CCNC(=S)NN=Cc1cccn1-c1ccc(C(=O)O)cc1. The number of nitrogens with zero attached hydrogens (tertiary/aromatic N) is 2. The van der Waals surface area contributed by atoms with Gasteiger partial charge in [0.2, 0.25) is 0 Å². The number of hydrogen-bond acceptors (Lipinski definition) is 3. The summed E-state index contributed by atoms with van der Waals surface area (Å²) in [7, 11) is 0. The summed E-state index contributed by atoms with van der Waals surface area (Å²) in [6, 6.07) is 10.4. The predicted octanol–water partition coefficient (Wildman–Crippen LogP) is 1.99. The molecule has 7 heteroatoms. The fourth-order valence-corrected chi connectivity index (χ4v) is 2.05. The Labute approximate surface area is 133 Å². The fourth-order valence-electron chi connectivity index (χ4n) is 1.86. The topological polar surface area (TPSA) is 78.7 Å². The standard InChI is InChI=1S/C15H16N4O2S/c1-2-16-15(22)18-17-10-13-4-3-9-19(13)12-7-5-11(6-8-12)14(20)21/h3-10H,2H2,1H3,(H,20,21)(H2,16,18,22). The Morgan fingerprint density at radius 1 is 1.36 bits per heavy atom. The molecule has 22 heavy (non-hydrogen) atoms. The second-order valence-electron chi connectivity index (χ2n) is 4.38. The average molecular weight is 316 g/mol. The minimum absolute atomic E-state index is 0.253. The monoisotopic (exact) mass is 316 g/mol. The molecule has 0 amide bonds. The molecule has 114 valence electrons. The van der Waals surface area contributed by atoms with Gasteiger partial charge in [-0.05, 0) is 55.5 Å². The molecule has 2 aromatic rings. The summed E-state index contributed by atoms with van der Waals surface area (Å²) in [5, 5.41) is 16.4. The van der Waals surface area contributed by atoms with Gasteiger partial charge in [-0.2, -0.15) is 5.10 Å². The Morgan fingerprint density at radius 2 is 2.09 bits per heavy atom. The van der Waals surface area contributed by atoms with Gasteiger partial charge in [-0.15, -0.1) is 0 Å². The van der Waals surface area contributed by atoms with Crippen LogP contribution >= 0.6 is 12.2 Å². The maximum absolute atomic E-state index is 10.9. The molecule has 2 rings (SSSR count). The van der Waals surface area contributed by atoms with Crippen molar-refractivity contribution < 1.29 is 9.90 Å². The molecule has 0 aliphatic carbocycles. The van der Waals surface area contributed by atoms with Gasteiger partial charge in [-0.1, -0.05) is 0 Å². The summed E-state index contributed by atoms with van der Waals surface area (Å²) in [4.78, 5) is 10.9. The van der Waals surface area contributed by atoms with Crippen LogP contribution in [0.5, 0.6) is 0 Å². The van der Waals surface area contributed by atoms with E-state index in [1.165, 1.54) is 0 Å². The summed E-state index contributed by atoms with van der Waals surface area (Å²) < 4.78 is 1.90. The van der Waals surface area contributed by atoms with Crippen LogP contribution in [0.15, 0.2) is 47.7 Å². The predicted molar refractivity (Wildman–Crippen MR) is 89.7 cm³/mol. The highest BCUT2D eigenvalue weighted by molar-refractivity contribution is 7.80. The largest absolute Gasteiger partial charge is 0.478 e. The molecule has 0 atom stereocenters. The number of aromatic nitrogens is 1. The third kappa shape index (κ3) is 3.92. The maximum Gasteiger partial charge on any atom is 0.335 e. The maximum atomic E-state index is 10.9. The number of hydrazone groups is 1. The number of carboxylic acids is 1. The van der Waals surface area contributed by atoms with Crippen molar-refractivity contribution in [3.63, 3.8) is 0 Å². The Morgan fingerprint density at radius 3 is 2.73 bits per heavy atom. The Bertz CT molecular complexity index is 692. The lowest BCUT2D eigenvalue weighted by Crippen LogP contribution is -2.31. The van der Waals surface area contributed by atoms with Crippen molar-refractivity contribution in [2.75, 3.05) is 6.54 Å². The number of carbonyl (C=O) groups is 1. The van der Waals surface area contributed by atoms with Crippen molar-refractivity contribution in [2.24, 2.45) is 5.10 Å². The van der Waals surface area contributed by atoms with Crippen molar-refractivity contribution >= 4 is 29.5 Å². The van der Waals surface area contributed by atoms with E-state index in [1.807, 2.05) is 29.8 Å². The Kier molecular flexibility index (Phi) is 5.26. The van der Waals surface area contributed by atoms with E-state index >= 15 is 0 Å². The zero-order valence-electron chi connectivity index (χ0n) is 12.0. The van der Waals surface area contributed by atoms with Gasteiger partial charge in [0.05, 0.1) is 17.5 Å². The first-order chi connectivity index (χ1) is 10.6. The first kappa shape index (κ1) is 15.7. The van der Waals surface area contributed by atoms with Gasteiger partial charge in [0, 0.05) is 18.4 Å². The van der Waals surface area contributed by atoms with E-state index in [-0.39, 0.29) is 5.56 Å². The lowest BCUT2D eigenvalue weighted by molar-refractivity contribution is 0.0697. The second-order valence-corrected chi connectivity index (χ2v) is 4.79. The van der Waals surface area contributed by atoms with E-state index in [0.717, 1.165) is 17.9 Å². The summed E-state index contributed by atoms with van der Waals surface area (Å²) >= 11 is 5.01. The van der Waals surface area contributed by atoms with Crippen LogP contribution in [-0.4, -0.2) is 33.5 Å². The molecule has 0 radical (unpaired) electrons. The van der Waals surface area contributed by atoms with Crippen LogP contribution < -0.4 is 10.7 Å². The minimum atomic E-state index is -0.943.